The summed E-state index contributed by atoms with van der Waals surface area (Å²) in [5.74, 6) is 0.252. The topological polar surface area (TPSA) is 119 Å². The van der Waals surface area contributed by atoms with Gasteiger partial charge in [-0.3, -0.25) is 4.57 Å². The number of nitrogens with two attached hydrogens (primary N) is 1. The van der Waals surface area contributed by atoms with Crippen LogP contribution in [0.15, 0.2) is 23.8 Å². The van der Waals surface area contributed by atoms with E-state index in [1.165, 1.54) is 18.2 Å². The quantitative estimate of drug-likeness (QED) is 0.701. The summed E-state index contributed by atoms with van der Waals surface area (Å²) in [7, 11) is 0. The Morgan fingerprint density at radius 2 is 2.25 bits per heavy atom. The lowest BCUT2D eigenvalue weighted by molar-refractivity contribution is -0.0422. The van der Waals surface area contributed by atoms with Crippen molar-refractivity contribution in [2.45, 2.75) is 18.4 Å². The maximum absolute atomic E-state index is 10.0. The van der Waals surface area contributed by atoms with Crippen molar-refractivity contribution in [2.75, 3.05) is 12.3 Å². The summed E-state index contributed by atoms with van der Waals surface area (Å²) in [5.41, 5.74) is 8.27. The van der Waals surface area contributed by atoms with Crippen LogP contribution in [0.5, 0.6) is 0 Å². The predicted molar refractivity (Wildman–Crippen MR) is 70.7 cm³/mol. The maximum Gasteiger partial charge on any atom is 0.167 e. The van der Waals surface area contributed by atoms with Crippen molar-refractivity contribution in [3.63, 3.8) is 0 Å². The van der Waals surface area contributed by atoms with E-state index >= 15 is 0 Å². The third-order valence-electron chi connectivity index (χ3n) is 3.23. The molecule has 4 N–H and O–H groups in total. The van der Waals surface area contributed by atoms with Gasteiger partial charge in [0.15, 0.2) is 17.7 Å². The second kappa shape index (κ2) is 4.98. The molecule has 3 atom stereocenters. The zero-order valence-corrected chi connectivity index (χ0v) is 11.0. The van der Waals surface area contributed by atoms with Gasteiger partial charge in [0, 0.05) is 11.1 Å². The molecule has 3 rings (SSSR count). The molecule has 2 aromatic heterocycles. The minimum absolute atomic E-state index is 0.252. The Balaban J connectivity index is 2.09. The number of fused-ring (bicyclic) bond motifs is 1. The van der Waals surface area contributed by atoms with Crippen molar-refractivity contribution in [2.24, 2.45) is 0 Å². The molecule has 3 heterocycles. The highest BCUT2D eigenvalue weighted by Crippen LogP contribution is 2.36. The number of rotatable bonds is 2. The van der Waals surface area contributed by atoms with Crippen LogP contribution in [0, 0.1) is 0 Å². The Bertz CT molecular complexity index is 673. The first kappa shape index (κ1) is 13.3. The van der Waals surface area contributed by atoms with Crippen LogP contribution in [0.1, 0.15) is 6.23 Å². The lowest BCUT2D eigenvalue weighted by atomic mass is 10.1. The van der Waals surface area contributed by atoms with Crippen LogP contribution in [-0.4, -0.2) is 48.5 Å². The second-order valence-electron chi connectivity index (χ2n) is 4.35. The standard InChI is InChI=1S/C11H12ClN5O3/c12-1-5-8(19)6(2-18)20-11(5)17-4-16-7-9(13)14-3-15-10(7)17/h1,3-4,6,8,11,18-19H,2H2,(H2,13,14,15)/b5-1+/t6-,8?,11-/m1/s1. The molecule has 2 aromatic rings. The number of hydrogen-bond donors (Lipinski definition) is 3. The minimum Gasteiger partial charge on any atom is -0.394 e. The molecule has 20 heavy (non-hydrogen) atoms. The van der Waals surface area contributed by atoms with Gasteiger partial charge in [-0.15, -0.1) is 0 Å². The van der Waals surface area contributed by atoms with Crippen molar-refractivity contribution in [1.82, 2.24) is 19.5 Å². The van der Waals surface area contributed by atoms with E-state index in [9.17, 15) is 10.2 Å². The van der Waals surface area contributed by atoms with Crippen molar-refractivity contribution in [3.05, 3.63) is 23.8 Å². The highest BCUT2D eigenvalue weighted by Gasteiger charge is 2.40. The van der Waals surface area contributed by atoms with Gasteiger partial charge in [-0.25, -0.2) is 15.0 Å². The Kier molecular flexibility index (Phi) is 3.30. The van der Waals surface area contributed by atoms with Gasteiger partial charge < -0.3 is 20.7 Å². The molecule has 1 aliphatic heterocycles. The number of imidazole rings is 1. The number of aliphatic hydroxyl groups is 2. The third-order valence-corrected chi connectivity index (χ3v) is 3.48. The van der Waals surface area contributed by atoms with Gasteiger partial charge in [0.1, 0.15) is 24.1 Å². The average Bonchev–Trinajstić information content (AvgIpc) is 3.00. The molecule has 1 saturated heterocycles. The summed E-state index contributed by atoms with van der Waals surface area (Å²) in [5, 5.41) is 19.2. The van der Waals surface area contributed by atoms with Gasteiger partial charge in [0.25, 0.3) is 0 Å². The second-order valence-corrected chi connectivity index (χ2v) is 4.56. The van der Waals surface area contributed by atoms with Crippen LogP contribution in [0.4, 0.5) is 5.82 Å². The summed E-state index contributed by atoms with van der Waals surface area (Å²) < 4.78 is 7.17. The van der Waals surface area contributed by atoms with Crippen molar-refractivity contribution in [1.29, 1.82) is 0 Å². The fraction of sp³-hybridized carbons (Fsp3) is 0.364. The third kappa shape index (κ3) is 1.85. The van der Waals surface area contributed by atoms with Crippen molar-refractivity contribution >= 4 is 28.6 Å². The van der Waals surface area contributed by atoms with Crippen LogP contribution in [0.2, 0.25) is 0 Å². The van der Waals surface area contributed by atoms with E-state index < -0.39 is 18.4 Å². The summed E-state index contributed by atoms with van der Waals surface area (Å²) in [4.78, 5) is 12.1. The first-order valence-electron chi connectivity index (χ1n) is 5.85. The van der Waals surface area contributed by atoms with Crippen LogP contribution in [0.25, 0.3) is 11.2 Å². The Hall–Kier alpha value is -1.74. The molecule has 1 unspecified atom stereocenters. The highest BCUT2D eigenvalue weighted by molar-refractivity contribution is 6.25. The van der Waals surface area contributed by atoms with Gasteiger partial charge in [-0.2, -0.15) is 0 Å². The predicted octanol–water partition coefficient (Wildman–Crippen LogP) is -0.218. The molecule has 0 aliphatic carbocycles. The van der Waals surface area contributed by atoms with E-state index in [4.69, 9.17) is 22.1 Å². The molecule has 0 spiro atoms. The number of aromatic nitrogens is 4. The first-order chi connectivity index (χ1) is 9.67. The molecule has 0 saturated carbocycles. The number of nitrogen functional groups attached to an aromatic ring is 1. The summed E-state index contributed by atoms with van der Waals surface area (Å²) >= 11 is 5.74. The van der Waals surface area contributed by atoms with Crippen molar-refractivity contribution < 1.29 is 14.9 Å². The molecule has 1 fully saturated rings. The van der Waals surface area contributed by atoms with Gasteiger partial charge in [0.05, 0.1) is 12.9 Å². The molecule has 106 valence electrons. The summed E-state index contributed by atoms with van der Waals surface area (Å²) in [6.45, 7) is -0.324. The largest absolute Gasteiger partial charge is 0.394 e. The molecular formula is C11H12ClN5O3. The first-order valence-corrected chi connectivity index (χ1v) is 6.28. The van der Waals surface area contributed by atoms with Gasteiger partial charge in [-0.1, -0.05) is 11.6 Å². The Morgan fingerprint density at radius 1 is 1.45 bits per heavy atom. The van der Waals surface area contributed by atoms with Crippen molar-refractivity contribution in [3.8, 4) is 0 Å². The van der Waals surface area contributed by atoms with E-state index in [2.05, 4.69) is 15.0 Å². The average molecular weight is 298 g/mol. The number of nitrogens with zero attached hydrogens (tertiary/aromatic N) is 4. The van der Waals surface area contributed by atoms with Gasteiger partial charge in [-0.05, 0) is 0 Å². The SMILES string of the molecule is Nc1ncnc2c1ncn2[C@@H]1O[C@H](CO)C(O)/C1=C\Cl. The number of hydrogen-bond acceptors (Lipinski definition) is 7. The number of anilines is 1. The number of ether oxygens (including phenoxy) is 1. The molecule has 9 heteroatoms. The van der Waals surface area contributed by atoms with Crippen LogP contribution in [-0.2, 0) is 4.74 Å². The van der Waals surface area contributed by atoms with Crippen LogP contribution in [0.3, 0.4) is 0 Å². The molecule has 1 aliphatic rings. The monoisotopic (exact) mass is 297 g/mol. The fourth-order valence-corrected chi connectivity index (χ4v) is 2.45. The lowest BCUT2D eigenvalue weighted by Gasteiger charge is -2.14. The number of aliphatic hydroxyl groups excluding tert-OH is 2. The van der Waals surface area contributed by atoms with Crippen LogP contribution < -0.4 is 5.73 Å². The normalized spacial score (nSPS) is 28.6. The molecule has 0 amide bonds. The van der Waals surface area contributed by atoms with E-state index in [1.54, 1.807) is 4.57 Å². The molecule has 0 aromatic carbocycles. The summed E-state index contributed by atoms with van der Waals surface area (Å²) in [6.07, 6.45) is 0.363. The highest BCUT2D eigenvalue weighted by atomic mass is 35.5. The van der Waals surface area contributed by atoms with Crippen LogP contribution >= 0.6 is 11.6 Å². The van der Waals surface area contributed by atoms with E-state index in [0.29, 0.717) is 16.7 Å². The Morgan fingerprint density at radius 3 is 2.95 bits per heavy atom. The molecule has 8 nitrogen and oxygen atoms in total. The summed E-state index contributed by atoms with van der Waals surface area (Å²) in [6, 6.07) is 0. The molecular weight excluding hydrogens is 286 g/mol. The van der Waals surface area contributed by atoms with Gasteiger partial charge in [0.2, 0.25) is 0 Å². The van der Waals surface area contributed by atoms with E-state index in [-0.39, 0.29) is 12.4 Å². The maximum atomic E-state index is 10.0. The zero-order valence-electron chi connectivity index (χ0n) is 10.2. The van der Waals surface area contributed by atoms with Gasteiger partial charge >= 0.3 is 0 Å². The minimum atomic E-state index is -0.987. The molecule has 0 bridgehead atoms. The van der Waals surface area contributed by atoms with E-state index in [1.807, 2.05) is 0 Å². The molecule has 0 radical (unpaired) electrons. The Labute approximate surface area is 118 Å². The fourth-order valence-electron chi connectivity index (χ4n) is 2.21. The number of halogens is 1. The lowest BCUT2D eigenvalue weighted by Crippen LogP contribution is -2.25. The smallest absolute Gasteiger partial charge is 0.167 e. The zero-order chi connectivity index (χ0) is 14.3. The van der Waals surface area contributed by atoms with E-state index in [0.717, 1.165) is 0 Å².